The van der Waals surface area contributed by atoms with Gasteiger partial charge in [-0.2, -0.15) is 0 Å². The van der Waals surface area contributed by atoms with Crippen molar-refractivity contribution in [3.8, 4) is 17.1 Å². The number of benzene rings is 3. The van der Waals surface area contributed by atoms with Crippen molar-refractivity contribution in [3.05, 3.63) is 89.2 Å². The van der Waals surface area contributed by atoms with Crippen LogP contribution in [0, 0.1) is 19.7 Å². The Bertz CT molecular complexity index is 1280. The summed E-state index contributed by atoms with van der Waals surface area (Å²) in [6.45, 7) is 6.05. The van der Waals surface area contributed by atoms with Crippen LogP contribution in [0.25, 0.3) is 17.1 Å². The zero-order valence-corrected chi connectivity index (χ0v) is 19.6. The molecule has 0 fully saturated rings. The number of rotatable bonds is 7. The van der Waals surface area contributed by atoms with E-state index in [0.717, 1.165) is 34.5 Å². The number of nitrogens with one attached hydrogen (secondary N) is 1. The summed E-state index contributed by atoms with van der Waals surface area (Å²) >= 11 is 1.27. The summed E-state index contributed by atoms with van der Waals surface area (Å²) in [5.74, 6) is 0.0415. The molecule has 0 saturated carbocycles. The molecule has 0 radical (unpaired) electrons. The normalized spacial score (nSPS) is 10.9. The maximum atomic E-state index is 14.6. The summed E-state index contributed by atoms with van der Waals surface area (Å²) in [4.78, 5) is 12.8. The molecule has 168 valence electrons. The van der Waals surface area contributed by atoms with Crippen LogP contribution in [-0.4, -0.2) is 26.4 Å². The van der Waals surface area contributed by atoms with Gasteiger partial charge in [0.05, 0.1) is 11.3 Å². The molecule has 1 N–H and O–H groups in total. The van der Waals surface area contributed by atoms with E-state index in [4.69, 9.17) is 0 Å². The Kier molecular flexibility index (Phi) is 6.89. The highest BCUT2D eigenvalue weighted by Crippen LogP contribution is 2.30. The lowest BCUT2D eigenvalue weighted by molar-refractivity contribution is -0.113. The molecule has 0 spiro atoms. The molecule has 4 aromatic rings. The number of hydrogen-bond acceptors (Lipinski definition) is 4. The van der Waals surface area contributed by atoms with E-state index in [1.165, 1.54) is 17.8 Å². The number of carbonyl (C=O) groups excluding carboxylic acids is 1. The first-order valence-electron chi connectivity index (χ1n) is 10.8. The fourth-order valence-corrected chi connectivity index (χ4v) is 4.37. The average molecular weight is 461 g/mol. The van der Waals surface area contributed by atoms with Crippen LogP contribution in [0.15, 0.2) is 71.9 Å². The van der Waals surface area contributed by atoms with Crippen LogP contribution >= 0.6 is 11.8 Å². The van der Waals surface area contributed by atoms with Crippen LogP contribution in [0.1, 0.15) is 23.6 Å². The first-order chi connectivity index (χ1) is 16.0. The number of carbonyl (C=O) groups is 1. The fourth-order valence-electron chi connectivity index (χ4n) is 3.61. The number of hydrogen-bond donors (Lipinski definition) is 1. The smallest absolute Gasteiger partial charge is 0.234 e. The van der Waals surface area contributed by atoms with Gasteiger partial charge in [0.25, 0.3) is 0 Å². The largest absolute Gasteiger partial charge is 0.325 e. The van der Waals surface area contributed by atoms with E-state index in [2.05, 4.69) is 22.4 Å². The van der Waals surface area contributed by atoms with Gasteiger partial charge in [-0.3, -0.25) is 9.36 Å². The zero-order valence-electron chi connectivity index (χ0n) is 18.8. The number of amides is 1. The lowest BCUT2D eigenvalue weighted by Gasteiger charge is -2.13. The Morgan fingerprint density at radius 2 is 1.76 bits per heavy atom. The SMILES string of the molecule is CCc1cccc(C)c1NC(=O)CSc1nnc(-c2ccccc2F)n1-c1ccc(C)cc1. The minimum atomic E-state index is -0.376. The van der Waals surface area contributed by atoms with E-state index in [-0.39, 0.29) is 17.5 Å². The fraction of sp³-hybridized carbons (Fsp3) is 0.192. The van der Waals surface area contributed by atoms with Crippen molar-refractivity contribution in [1.82, 2.24) is 14.8 Å². The van der Waals surface area contributed by atoms with Gasteiger partial charge in [0.15, 0.2) is 11.0 Å². The van der Waals surface area contributed by atoms with Gasteiger partial charge in [-0.05, 0) is 55.7 Å². The molecule has 0 aliphatic carbocycles. The molecule has 0 saturated heterocycles. The number of para-hydroxylation sites is 1. The predicted molar refractivity (Wildman–Crippen MR) is 131 cm³/mol. The molecule has 7 heteroatoms. The van der Waals surface area contributed by atoms with Crippen LogP contribution < -0.4 is 5.32 Å². The zero-order chi connectivity index (χ0) is 23.4. The van der Waals surface area contributed by atoms with Crippen molar-refractivity contribution in [2.45, 2.75) is 32.3 Å². The van der Waals surface area contributed by atoms with Crippen molar-refractivity contribution in [2.75, 3.05) is 11.1 Å². The first kappa shape index (κ1) is 22.7. The Morgan fingerprint density at radius 1 is 1.00 bits per heavy atom. The van der Waals surface area contributed by atoms with Crippen molar-refractivity contribution >= 4 is 23.4 Å². The van der Waals surface area contributed by atoms with Gasteiger partial charge >= 0.3 is 0 Å². The van der Waals surface area contributed by atoms with Crippen molar-refractivity contribution in [1.29, 1.82) is 0 Å². The van der Waals surface area contributed by atoms with Crippen molar-refractivity contribution in [3.63, 3.8) is 0 Å². The number of halogens is 1. The number of aromatic nitrogens is 3. The number of aryl methyl sites for hydroxylation is 3. The molecular weight excluding hydrogens is 435 g/mol. The molecule has 0 bridgehead atoms. The third-order valence-electron chi connectivity index (χ3n) is 5.38. The average Bonchev–Trinajstić information content (AvgIpc) is 3.23. The second-order valence-corrected chi connectivity index (χ2v) is 8.70. The van der Waals surface area contributed by atoms with Crippen LogP contribution in [0.4, 0.5) is 10.1 Å². The molecule has 4 rings (SSSR count). The van der Waals surface area contributed by atoms with E-state index in [1.807, 2.05) is 56.3 Å². The molecule has 0 aliphatic heterocycles. The van der Waals surface area contributed by atoms with Gasteiger partial charge in [0.2, 0.25) is 5.91 Å². The van der Waals surface area contributed by atoms with Gasteiger partial charge in [-0.25, -0.2) is 4.39 Å². The van der Waals surface area contributed by atoms with Crippen LogP contribution in [0.3, 0.4) is 0 Å². The third-order valence-corrected chi connectivity index (χ3v) is 6.31. The van der Waals surface area contributed by atoms with E-state index < -0.39 is 0 Å². The highest BCUT2D eigenvalue weighted by Gasteiger charge is 2.20. The summed E-state index contributed by atoms with van der Waals surface area (Å²) in [6, 6.07) is 20.3. The monoisotopic (exact) mass is 460 g/mol. The summed E-state index contributed by atoms with van der Waals surface area (Å²) in [5.41, 5.74) is 5.25. The molecule has 1 amide bonds. The third kappa shape index (κ3) is 4.98. The van der Waals surface area contributed by atoms with Crippen molar-refractivity contribution in [2.24, 2.45) is 0 Å². The van der Waals surface area contributed by atoms with Gasteiger partial charge in [-0.15, -0.1) is 10.2 Å². The van der Waals surface area contributed by atoms with Crippen molar-refractivity contribution < 1.29 is 9.18 Å². The standard InChI is InChI=1S/C26H25FN4OS/c1-4-19-9-7-8-18(3)24(19)28-23(32)16-33-26-30-29-25(21-10-5-6-11-22(21)27)31(26)20-14-12-17(2)13-15-20/h5-15H,4,16H2,1-3H3,(H,28,32). The minimum absolute atomic E-state index is 0.130. The second-order valence-electron chi connectivity index (χ2n) is 7.76. The maximum absolute atomic E-state index is 14.6. The lowest BCUT2D eigenvalue weighted by Crippen LogP contribution is -2.16. The molecule has 0 atom stereocenters. The molecule has 1 aromatic heterocycles. The van der Waals surface area contributed by atoms with E-state index >= 15 is 0 Å². The highest BCUT2D eigenvalue weighted by molar-refractivity contribution is 7.99. The highest BCUT2D eigenvalue weighted by atomic mass is 32.2. The molecule has 33 heavy (non-hydrogen) atoms. The summed E-state index contributed by atoms with van der Waals surface area (Å²) in [5, 5.41) is 12.1. The number of thioether (sulfide) groups is 1. The Balaban J connectivity index is 1.63. The molecule has 0 aliphatic rings. The number of nitrogens with zero attached hydrogens (tertiary/aromatic N) is 3. The lowest BCUT2D eigenvalue weighted by atomic mass is 10.1. The maximum Gasteiger partial charge on any atom is 0.234 e. The molecule has 1 heterocycles. The predicted octanol–water partition coefficient (Wildman–Crippen LogP) is 5.98. The van der Waals surface area contributed by atoms with Gasteiger partial charge in [0.1, 0.15) is 5.82 Å². The van der Waals surface area contributed by atoms with Crippen LogP contribution in [-0.2, 0) is 11.2 Å². The Labute approximate surface area is 197 Å². The summed E-state index contributed by atoms with van der Waals surface area (Å²) in [7, 11) is 0. The quantitative estimate of drug-likeness (QED) is 0.345. The number of anilines is 1. The molecule has 5 nitrogen and oxygen atoms in total. The van der Waals surface area contributed by atoms with Gasteiger partial charge in [0, 0.05) is 11.4 Å². The van der Waals surface area contributed by atoms with Gasteiger partial charge in [-0.1, -0.05) is 66.7 Å². The molecule has 0 unspecified atom stereocenters. The second kappa shape index (κ2) is 10.0. The Morgan fingerprint density at radius 3 is 2.48 bits per heavy atom. The van der Waals surface area contributed by atoms with Crippen LogP contribution in [0.5, 0.6) is 0 Å². The molecular formula is C26H25FN4OS. The Hall–Kier alpha value is -3.45. The molecule has 3 aromatic carbocycles. The van der Waals surface area contributed by atoms with Gasteiger partial charge < -0.3 is 5.32 Å². The van der Waals surface area contributed by atoms with E-state index in [1.54, 1.807) is 22.8 Å². The van der Waals surface area contributed by atoms with Crippen LogP contribution in [0.2, 0.25) is 0 Å². The first-order valence-corrected chi connectivity index (χ1v) is 11.7. The van der Waals surface area contributed by atoms with E-state index in [0.29, 0.717) is 16.5 Å². The minimum Gasteiger partial charge on any atom is -0.325 e. The van der Waals surface area contributed by atoms with E-state index in [9.17, 15) is 9.18 Å². The summed E-state index contributed by atoms with van der Waals surface area (Å²) in [6.07, 6.45) is 0.832. The summed E-state index contributed by atoms with van der Waals surface area (Å²) < 4.78 is 16.4. The topological polar surface area (TPSA) is 59.8 Å².